The molecular weight excluding hydrogens is 352 g/mol. The predicted octanol–water partition coefficient (Wildman–Crippen LogP) is 4.27. The molecule has 0 fully saturated rings. The molecule has 8 heteroatoms. The van der Waals surface area contributed by atoms with E-state index < -0.39 is 57.4 Å². The van der Waals surface area contributed by atoms with Gasteiger partial charge in [0.15, 0.2) is 23.3 Å². The summed E-state index contributed by atoms with van der Waals surface area (Å²) < 4.78 is 57.5. The molecule has 0 unspecified atom stereocenters. The van der Waals surface area contributed by atoms with Crippen LogP contribution in [0.1, 0.15) is 60.2 Å². The Kier molecular flexibility index (Phi) is 6.39. The zero-order chi connectivity index (χ0) is 19.4. The number of hydrogen-bond acceptors (Lipinski definition) is 4. The van der Waals surface area contributed by atoms with Gasteiger partial charge in [-0.1, -0.05) is 26.7 Å². The summed E-state index contributed by atoms with van der Waals surface area (Å²) in [6.07, 6.45) is 2.55. The van der Waals surface area contributed by atoms with Gasteiger partial charge in [0.2, 0.25) is 11.6 Å². The molecule has 2 N–H and O–H groups in total. The van der Waals surface area contributed by atoms with Crippen LogP contribution in [-0.2, 0) is 0 Å². The van der Waals surface area contributed by atoms with Gasteiger partial charge in [0.1, 0.15) is 11.4 Å². The topological polar surface area (TPSA) is 58.2 Å². The van der Waals surface area contributed by atoms with Crippen LogP contribution in [0.4, 0.5) is 23.2 Å². The van der Waals surface area contributed by atoms with Gasteiger partial charge >= 0.3 is 0 Å². The van der Waals surface area contributed by atoms with Gasteiger partial charge in [0.25, 0.3) is 0 Å². The summed E-state index contributed by atoms with van der Waals surface area (Å²) in [5.41, 5.74) is -3.79. The number of halogens is 4. The summed E-state index contributed by atoms with van der Waals surface area (Å²) in [6, 6.07) is 0. The minimum atomic E-state index is -1.67. The number of Topliss-reactive ketones (excluding diaryl/α,β-unsaturated/α-hetero) is 2. The molecule has 1 aliphatic carbocycles. The second kappa shape index (κ2) is 8.33. The summed E-state index contributed by atoms with van der Waals surface area (Å²) >= 11 is 0. The number of carbonyl (C=O) groups excluding carboxylic acids is 2. The smallest absolute Gasteiger partial charge is 0.227 e. The Morgan fingerprint density at radius 3 is 1.85 bits per heavy atom. The van der Waals surface area contributed by atoms with Crippen molar-refractivity contribution in [2.24, 2.45) is 0 Å². The average Bonchev–Trinajstić information content (AvgIpc) is 2.62. The quantitative estimate of drug-likeness (QED) is 0.407. The van der Waals surface area contributed by atoms with Crippen molar-refractivity contribution in [1.82, 2.24) is 5.32 Å². The molecule has 0 atom stereocenters. The third kappa shape index (κ3) is 3.45. The van der Waals surface area contributed by atoms with Crippen molar-refractivity contribution in [3.8, 4) is 0 Å². The Labute approximate surface area is 148 Å². The van der Waals surface area contributed by atoms with Gasteiger partial charge < -0.3 is 10.6 Å². The van der Waals surface area contributed by atoms with E-state index >= 15 is 0 Å². The molecular formula is C18H20F4N2O2. The highest BCUT2D eigenvalue weighted by molar-refractivity contribution is 6.26. The fourth-order valence-corrected chi connectivity index (χ4v) is 2.63. The maximum atomic E-state index is 14.6. The maximum Gasteiger partial charge on any atom is 0.227 e. The molecule has 0 spiro atoms. The van der Waals surface area contributed by atoms with Gasteiger partial charge in [-0.2, -0.15) is 0 Å². The molecule has 0 saturated heterocycles. The standard InChI is InChI=1S/C18H20F4N2O2/c1-3-5-7-23-15-12(20)10-9(11(19)13(15)21)18(26)16(14(22)17(10)25)24-8-6-4-2/h23-24H,3-8H2,1-2H3. The van der Waals surface area contributed by atoms with Crippen LogP contribution < -0.4 is 10.6 Å². The molecule has 0 amide bonds. The molecule has 0 saturated carbocycles. The largest absolute Gasteiger partial charge is 0.380 e. The van der Waals surface area contributed by atoms with E-state index in [1.54, 1.807) is 0 Å². The highest BCUT2D eigenvalue weighted by atomic mass is 19.2. The Balaban J connectivity index is 2.53. The number of benzene rings is 1. The number of fused-ring (bicyclic) bond motifs is 1. The van der Waals surface area contributed by atoms with E-state index in [0.717, 1.165) is 6.42 Å². The Bertz CT molecular complexity index is 775. The highest BCUT2D eigenvalue weighted by Crippen LogP contribution is 2.35. The van der Waals surface area contributed by atoms with Crippen molar-refractivity contribution in [1.29, 1.82) is 0 Å². The van der Waals surface area contributed by atoms with Gasteiger partial charge in [-0.3, -0.25) is 9.59 Å². The third-order valence-corrected chi connectivity index (χ3v) is 4.08. The molecule has 1 aliphatic rings. The monoisotopic (exact) mass is 372 g/mol. The van der Waals surface area contributed by atoms with Gasteiger partial charge in [-0.25, -0.2) is 17.6 Å². The third-order valence-electron chi connectivity index (χ3n) is 4.08. The fraction of sp³-hybridized carbons (Fsp3) is 0.444. The first kappa shape index (κ1) is 19.9. The van der Waals surface area contributed by atoms with Crippen LogP contribution in [0.25, 0.3) is 0 Å². The average molecular weight is 372 g/mol. The van der Waals surface area contributed by atoms with Crippen LogP contribution in [0, 0.1) is 17.5 Å². The summed E-state index contributed by atoms with van der Waals surface area (Å²) in [6.45, 7) is 3.99. The minimum absolute atomic E-state index is 0.132. The molecule has 0 aliphatic heterocycles. The van der Waals surface area contributed by atoms with E-state index in [1.807, 2.05) is 13.8 Å². The fourth-order valence-electron chi connectivity index (χ4n) is 2.63. The zero-order valence-corrected chi connectivity index (χ0v) is 14.6. The Morgan fingerprint density at radius 2 is 1.27 bits per heavy atom. The van der Waals surface area contributed by atoms with Crippen LogP contribution >= 0.6 is 0 Å². The predicted molar refractivity (Wildman–Crippen MR) is 89.4 cm³/mol. The first-order valence-electron chi connectivity index (χ1n) is 8.54. The van der Waals surface area contributed by atoms with Gasteiger partial charge in [-0.05, 0) is 12.8 Å². The molecule has 0 radical (unpaired) electrons. The Morgan fingerprint density at radius 1 is 0.731 bits per heavy atom. The Hall–Kier alpha value is -2.38. The first-order valence-corrected chi connectivity index (χ1v) is 8.54. The summed E-state index contributed by atoms with van der Waals surface area (Å²) in [4.78, 5) is 24.5. The summed E-state index contributed by atoms with van der Waals surface area (Å²) in [5, 5.41) is 4.79. The lowest BCUT2D eigenvalue weighted by molar-refractivity contribution is 0.0939. The minimum Gasteiger partial charge on any atom is -0.380 e. The lowest BCUT2D eigenvalue weighted by atomic mass is 9.89. The van der Waals surface area contributed by atoms with Gasteiger partial charge in [-0.15, -0.1) is 0 Å². The highest BCUT2D eigenvalue weighted by Gasteiger charge is 2.40. The number of allylic oxidation sites excluding steroid dienone is 2. The van der Waals surface area contributed by atoms with Crippen molar-refractivity contribution in [3.63, 3.8) is 0 Å². The maximum absolute atomic E-state index is 14.6. The van der Waals surface area contributed by atoms with Crippen LogP contribution in [0.3, 0.4) is 0 Å². The van der Waals surface area contributed by atoms with Crippen LogP contribution in [0.5, 0.6) is 0 Å². The number of unbranched alkanes of at least 4 members (excludes halogenated alkanes) is 2. The van der Waals surface area contributed by atoms with E-state index in [4.69, 9.17) is 0 Å². The normalized spacial score (nSPS) is 13.9. The van der Waals surface area contributed by atoms with E-state index in [-0.39, 0.29) is 13.1 Å². The molecule has 2 rings (SSSR count). The SMILES string of the molecule is CCCCNC1=C(F)C(=O)c2c(F)c(NCCCC)c(F)c(F)c2C1=O. The number of rotatable bonds is 8. The van der Waals surface area contributed by atoms with Crippen LogP contribution in [0.2, 0.25) is 0 Å². The lowest BCUT2D eigenvalue weighted by Gasteiger charge is -2.21. The summed E-state index contributed by atoms with van der Waals surface area (Å²) in [5.74, 6) is -8.98. The van der Waals surface area contributed by atoms with Crippen LogP contribution in [0.15, 0.2) is 11.5 Å². The van der Waals surface area contributed by atoms with Crippen molar-refractivity contribution in [3.05, 3.63) is 40.1 Å². The second-order valence-corrected chi connectivity index (χ2v) is 5.97. The van der Waals surface area contributed by atoms with Gasteiger partial charge in [0.05, 0.1) is 11.1 Å². The van der Waals surface area contributed by atoms with E-state index in [1.165, 1.54) is 0 Å². The molecule has 1 aromatic carbocycles. The van der Waals surface area contributed by atoms with Crippen molar-refractivity contribution in [2.45, 2.75) is 39.5 Å². The summed E-state index contributed by atoms with van der Waals surface area (Å²) in [7, 11) is 0. The molecule has 0 bridgehead atoms. The van der Waals surface area contributed by atoms with E-state index in [0.29, 0.717) is 19.3 Å². The lowest BCUT2D eigenvalue weighted by Crippen LogP contribution is -2.32. The number of carbonyl (C=O) groups is 2. The molecule has 0 aromatic heterocycles. The van der Waals surface area contributed by atoms with Crippen LogP contribution in [-0.4, -0.2) is 24.7 Å². The number of hydrogen-bond donors (Lipinski definition) is 2. The van der Waals surface area contributed by atoms with Gasteiger partial charge in [0, 0.05) is 13.1 Å². The number of anilines is 1. The zero-order valence-electron chi connectivity index (χ0n) is 14.6. The molecule has 1 aromatic rings. The second-order valence-electron chi connectivity index (χ2n) is 5.97. The van der Waals surface area contributed by atoms with Crippen molar-refractivity contribution in [2.75, 3.05) is 18.4 Å². The van der Waals surface area contributed by atoms with E-state index in [9.17, 15) is 27.2 Å². The molecule has 26 heavy (non-hydrogen) atoms. The van der Waals surface area contributed by atoms with Crippen molar-refractivity contribution >= 4 is 17.3 Å². The molecule has 142 valence electrons. The molecule has 4 nitrogen and oxygen atoms in total. The number of ketones is 2. The molecule has 0 heterocycles. The first-order chi connectivity index (χ1) is 12.4. The number of nitrogens with one attached hydrogen (secondary N) is 2. The van der Waals surface area contributed by atoms with Crippen molar-refractivity contribution < 1.29 is 27.2 Å². The van der Waals surface area contributed by atoms with E-state index in [2.05, 4.69) is 10.6 Å².